The molecule has 1 unspecified atom stereocenters. The molecule has 0 spiro atoms. The minimum Gasteiger partial charge on any atom is -0.350 e. The number of nitrogens with one attached hydrogen (secondary N) is 1. The van der Waals surface area contributed by atoms with Crippen LogP contribution in [-0.4, -0.2) is 48.9 Å². The molecule has 0 saturated carbocycles. The van der Waals surface area contributed by atoms with Gasteiger partial charge in [0.2, 0.25) is 5.91 Å². The second kappa shape index (κ2) is 11.8. The summed E-state index contributed by atoms with van der Waals surface area (Å²) in [5.74, 6) is -0.0401. The molecule has 216 valence electrons. The Kier molecular flexibility index (Phi) is 7.80. The largest absolute Gasteiger partial charge is 0.350 e. The van der Waals surface area contributed by atoms with Crippen LogP contribution in [0.15, 0.2) is 83.8 Å². The number of rotatable bonds is 9. The Morgan fingerprint density at radius 2 is 1.71 bits per heavy atom. The van der Waals surface area contributed by atoms with Crippen LogP contribution in [0.25, 0.3) is 33.4 Å². The average molecular weight is 563 g/mol. The lowest BCUT2D eigenvalue weighted by molar-refractivity contribution is -0.122. The van der Waals surface area contributed by atoms with E-state index < -0.39 is 0 Å². The van der Waals surface area contributed by atoms with E-state index in [2.05, 4.69) is 71.7 Å². The number of benzene rings is 3. The molecule has 8 heteroatoms. The first-order valence-electron chi connectivity index (χ1n) is 14.9. The monoisotopic (exact) mass is 562 g/mol. The number of aromatic nitrogens is 4. The molecule has 1 aliphatic rings. The Bertz CT molecular complexity index is 1780. The number of amides is 1. The lowest BCUT2D eigenvalue weighted by Crippen LogP contribution is -2.38. The molecule has 1 aliphatic heterocycles. The van der Waals surface area contributed by atoms with Gasteiger partial charge in [-0.1, -0.05) is 60.2 Å². The van der Waals surface area contributed by atoms with Crippen molar-refractivity contribution in [2.45, 2.75) is 59.4 Å². The van der Waals surface area contributed by atoms with Gasteiger partial charge < -0.3 is 5.32 Å². The summed E-state index contributed by atoms with van der Waals surface area (Å²) in [4.78, 5) is 28.5. The van der Waals surface area contributed by atoms with Crippen molar-refractivity contribution in [3.8, 4) is 22.4 Å². The summed E-state index contributed by atoms with van der Waals surface area (Å²) in [5.41, 5.74) is 7.99. The van der Waals surface area contributed by atoms with Crippen LogP contribution in [0.5, 0.6) is 0 Å². The minimum atomic E-state index is -0.0401. The highest BCUT2D eigenvalue weighted by molar-refractivity contribution is 5.88. The predicted molar refractivity (Wildman–Crippen MR) is 167 cm³/mol. The first kappa shape index (κ1) is 27.7. The Labute approximate surface area is 246 Å². The zero-order chi connectivity index (χ0) is 29.2. The van der Waals surface area contributed by atoms with Gasteiger partial charge in [0.15, 0.2) is 0 Å². The molecule has 0 bridgehead atoms. The number of nitrogens with zero attached hydrogens (tertiary/aromatic N) is 5. The molecule has 1 N–H and O–H groups in total. The van der Waals surface area contributed by atoms with Gasteiger partial charge in [0.25, 0.3) is 0 Å². The third kappa shape index (κ3) is 5.54. The summed E-state index contributed by atoms with van der Waals surface area (Å²) < 4.78 is 5.37. The quantitative estimate of drug-likeness (QED) is 0.272. The number of carbonyl (C=O) groups excluding carboxylic acids is 1. The number of hydrogen-bond acceptors (Lipinski definition) is 4. The molecule has 8 nitrogen and oxygen atoms in total. The third-order valence-electron chi connectivity index (χ3n) is 8.21. The van der Waals surface area contributed by atoms with Gasteiger partial charge in [-0.15, -0.1) is 0 Å². The summed E-state index contributed by atoms with van der Waals surface area (Å²) in [6.07, 6.45) is 2.90. The number of aryl methyl sites for hydroxylation is 3. The van der Waals surface area contributed by atoms with Crippen molar-refractivity contribution in [1.82, 2.24) is 29.1 Å². The summed E-state index contributed by atoms with van der Waals surface area (Å²) in [6, 6.07) is 25.0. The van der Waals surface area contributed by atoms with Crippen LogP contribution in [0, 0.1) is 6.92 Å². The Morgan fingerprint density at radius 3 is 2.48 bits per heavy atom. The summed E-state index contributed by atoms with van der Waals surface area (Å²) in [7, 11) is 0. The molecule has 3 aromatic carbocycles. The Balaban J connectivity index is 1.26. The standard InChI is InChI=1S/C34H38N6O2/c1-4-39-30-15-14-26(19-31(30)40(5-2)34(39)42)29-22-38(36-33(29)27-13-9-10-24(3)18-27)23-32(41)35-28-16-17-37(21-28)20-25-11-7-6-8-12-25/h6-15,18-19,22,28H,4-5,16-17,20-21,23H2,1-3H3,(H,35,41). The highest BCUT2D eigenvalue weighted by atomic mass is 16.2. The van der Waals surface area contributed by atoms with E-state index in [4.69, 9.17) is 5.10 Å². The van der Waals surface area contributed by atoms with Crippen molar-refractivity contribution >= 4 is 16.9 Å². The van der Waals surface area contributed by atoms with Gasteiger partial charge in [0, 0.05) is 56.1 Å². The highest BCUT2D eigenvalue weighted by Gasteiger charge is 2.24. The number of hydrogen-bond donors (Lipinski definition) is 1. The summed E-state index contributed by atoms with van der Waals surface area (Å²) in [5, 5.41) is 8.15. The van der Waals surface area contributed by atoms with Gasteiger partial charge in [-0.25, -0.2) is 4.79 Å². The minimum absolute atomic E-state index is 0.00710. The molecule has 0 radical (unpaired) electrons. The molecule has 5 aromatic rings. The van der Waals surface area contributed by atoms with E-state index >= 15 is 0 Å². The van der Waals surface area contributed by atoms with Crippen molar-refractivity contribution in [3.05, 3.63) is 101 Å². The molecule has 1 saturated heterocycles. The van der Waals surface area contributed by atoms with Gasteiger partial charge in [0.05, 0.1) is 11.0 Å². The smallest absolute Gasteiger partial charge is 0.329 e. The van der Waals surface area contributed by atoms with Crippen LogP contribution in [0.4, 0.5) is 0 Å². The Morgan fingerprint density at radius 1 is 0.929 bits per heavy atom. The van der Waals surface area contributed by atoms with E-state index in [1.807, 2.05) is 47.4 Å². The normalized spacial score (nSPS) is 15.5. The molecule has 1 atom stereocenters. The fourth-order valence-corrected chi connectivity index (χ4v) is 6.17. The average Bonchev–Trinajstić information content (AvgIpc) is 3.68. The fraction of sp³-hybridized carbons (Fsp3) is 0.324. The highest BCUT2D eigenvalue weighted by Crippen LogP contribution is 2.33. The second-order valence-corrected chi connectivity index (χ2v) is 11.2. The van der Waals surface area contributed by atoms with E-state index in [1.54, 1.807) is 4.68 Å². The lowest BCUT2D eigenvalue weighted by atomic mass is 10.0. The number of fused-ring (bicyclic) bond motifs is 1. The maximum atomic E-state index is 13.2. The van der Waals surface area contributed by atoms with E-state index in [0.29, 0.717) is 13.1 Å². The lowest BCUT2D eigenvalue weighted by Gasteiger charge is -2.16. The molecule has 3 heterocycles. The first-order valence-corrected chi connectivity index (χ1v) is 14.9. The number of carbonyl (C=O) groups is 1. The summed E-state index contributed by atoms with van der Waals surface area (Å²) >= 11 is 0. The van der Waals surface area contributed by atoms with Crippen molar-refractivity contribution in [1.29, 1.82) is 0 Å². The number of imidazole rings is 1. The van der Waals surface area contributed by atoms with Crippen LogP contribution >= 0.6 is 0 Å². The van der Waals surface area contributed by atoms with E-state index in [-0.39, 0.29) is 24.2 Å². The number of likely N-dealkylation sites (tertiary alicyclic amines) is 1. The molecule has 1 fully saturated rings. The van der Waals surface area contributed by atoms with Crippen LogP contribution in [0.1, 0.15) is 31.4 Å². The second-order valence-electron chi connectivity index (χ2n) is 11.2. The molecule has 6 rings (SSSR count). The zero-order valence-corrected chi connectivity index (χ0v) is 24.6. The van der Waals surface area contributed by atoms with Crippen LogP contribution < -0.4 is 11.0 Å². The predicted octanol–water partition coefficient (Wildman–Crippen LogP) is 5.07. The SMILES string of the molecule is CCn1c(=O)n(CC)c2cc(-c3cn(CC(=O)NC4CCN(Cc5ccccc5)C4)nc3-c3cccc(C)c3)ccc21. The van der Waals surface area contributed by atoms with Gasteiger partial charge >= 0.3 is 5.69 Å². The maximum Gasteiger partial charge on any atom is 0.329 e. The maximum absolute atomic E-state index is 13.2. The van der Waals surface area contributed by atoms with E-state index in [0.717, 1.165) is 65.0 Å². The molecule has 0 aliphatic carbocycles. The topological polar surface area (TPSA) is 77.1 Å². The third-order valence-corrected chi connectivity index (χ3v) is 8.21. The fourth-order valence-electron chi connectivity index (χ4n) is 6.17. The van der Waals surface area contributed by atoms with Crippen LogP contribution in [-0.2, 0) is 31.0 Å². The van der Waals surface area contributed by atoms with Gasteiger partial charge in [0.1, 0.15) is 12.2 Å². The van der Waals surface area contributed by atoms with Gasteiger partial charge in [-0.05, 0) is 56.5 Å². The van der Waals surface area contributed by atoms with E-state index in [9.17, 15) is 9.59 Å². The van der Waals surface area contributed by atoms with Crippen molar-refractivity contribution in [3.63, 3.8) is 0 Å². The molecule has 42 heavy (non-hydrogen) atoms. The van der Waals surface area contributed by atoms with Crippen LogP contribution in [0.3, 0.4) is 0 Å². The van der Waals surface area contributed by atoms with Gasteiger partial charge in [-0.2, -0.15) is 5.10 Å². The Hall–Kier alpha value is -4.43. The van der Waals surface area contributed by atoms with Crippen molar-refractivity contribution in [2.24, 2.45) is 0 Å². The van der Waals surface area contributed by atoms with Crippen LogP contribution in [0.2, 0.25) is 0 Å². The van der Waals surface area contributed by atoms with Gasteiger partial charge in [-0.3, -0.25) is 23.5 Å². The zero-order valence-electron chi connectivity index (χ0n) is 24.6. The molecular weight excluding hydrogens is 524 g/mol. The summed E-state index contributed by atoms with van der Waals surface area (Å²) in [6.45, 7) is 10.1. The molecular formula is C34H38N6O2. The van der Waals surface area contributed by atoms with Crippen molar-refractivity contribution in [2.75, 3.05) is 13.1 Å². The van der Waals surface area contributed by atoms with E-state index in [1.165, 1.54) is 5.56 Å². The molecule has 2 aromatic heterocycles. The first-order chi connectivity index (χ1) is 20.4. The van der Waals surface area contributed by atoms with Crippen molar-refractivity contribution < 1.29 is 4.79 Å². The molecule has 1 amide bonds.